The minimum Gasteiger partial charge on any atom is -0.375 e. The molecule has 0 unspecified atom stereocenters. The zero-order valence-electron chi connectivity index (χ0n) is 9.62. The van der Waals surface area contributed by atoms with Crippen molar-refractivity contribution in [2.45, 2.75) is 9.24 Å². The molecule has 1 aromatic heterocycles. The van der Waals surface area contributed by atoms with Crippen molar-refractivity contribution < 1.29 is 9.53 Å². The first-order valence-electron chi connectivity index (χ1n) is 5.11. The molecule has 1 aromatic carbocycles. The molecule has 7 heteroatoms. The number of hydrogen-bond acceptors (Lipinski definition) is 6. The summed E-state index contributed by atoms with van der Waals surface area (Å²) >= 11 is 3.03. The van der Waals surface area contributed by atoms with E-state index in [9.17, 15) is 4.79 Å². The average Bonchev–Trinajstić information content (AvgIpc) is 2.85. The van der Waals surface area contributed by atoms with Crippen LogP contribution in [-0.2, 0) is 9.53 Å². The number of rotatable bonds is 5. The van der Waals surface area contributed by atoms with Gasteiger partial charge in [-0.1, -0.05) is 23.1 Å². The SMILES string of the molecule is COCC(=O)Nc1ccc(Sc2nncs2)cc1. The quantitative estimate of drug-likeness (QED) is 0.911. The van der Waals surface area contributed by atoms with Gasteiger partial charge in [0.15, 0.2) is 4.34 Å². The largest absolute Gasteiger partial charge is 0.375 e. The lowest BCUT2D eigenvalue weighted by Gasteiger charge is -2.04. The number of benzene rings is 1. The highest BCUT2D eigenvalue weighted by Crippen LogP contribution is 2.29. The predicted octanol–water partition coefficient (Wildman–Crippen LogP) is 2.27. The number of anilines is 1. The Balaban J connectivity index is 1.95. The molecule has 1 amide bonds. The summed E-state index contributed by atoms with van der Waals surface area (Å²) in [6.45, 7) is 0.0568. The number of nitrogens with zero attached hydrogens (tertiary/aromatic N) is 2. The monoisotopic (exact) mass is 281 g/mol. The molecule has 5 nitrogen and oxygen atoms in total. The maximum atomic E-state index is 11.3. The number of amides is 1. The van der Waals surface area contributed by atoms with Gasteiger partial charge in [0.1, 0.15) is 12.1 Å². The molecule has 1 heterocycles. The highest BCUT2D eigenvalue weighted by molar-refractivity contribution is 8.01. The van der Waals surface area contributed by atoms with Gasteiger partial charge in [-0.3, -0.25) is 4.79 Å². The van der Waals surface area contributed by atoms with Crippen molar-refractivity contribution >= 4 is 34.7 Å². The van der Waals surface area contributed by atoms with Crippen molar-refractivity contribution in [1.82, 2.24) is 10.2 Å². The zero-order chi connectivity index (χ0) is 12.8. The van der Waals surface area contributed by atoms with Gasteiger partial charge in [0.2, 0.25) is 5.91 Å². The number of nitrogens with one attached hydrogen (secondary N) is 1. The molecular formula is C11H11N3O2S2. The van der Waals surface area contributed by atoms with E-state index in [4.69, 9.17) is 4.74 Å². The highest BCUT2D eigenvalue weighted by Gasteiger charge is 2.03. The van der Waals surface area contributed by atoms with Crippen LogP contribution in [0.1, 0.15) is 0 Å². The summed E-state index contributed by atoms with van der Waals surface area (Å²) in [7, 11) is 1.49. The molecule has 0 radical (unpaired) electrons. The van der Waals surface area contributed by atoms with E-state index < -0.39 is 0 Å². The van der Waals surface area contributed by atoms with Crippen molar-refractivity contribution in [2.24, 2.45) is 0 Å². The number of carbonyl (C=O) groups is 1. The molecule has 0 bridgehead atoms. The van der Waals surface area contributed by atoms with E-state index in [0.717, 1.165) is 14.9 Å². The molecule has 0 atom stereocenters. The standard InChI is InChI=1S/C11H11N3O2S2/c1-16-6-10(15)13-8-2-4-9(5-3-8)18-11-14-12-7-17-11/h2-5,7H,6H2,1H3,(H,13,15). The molecule has 0 saturated carbocycles. The molecule has 0 fully saturated rings. The minimum atomic E-state index is -0.165. The van der Waals surface area contributed by atoms with Gasteiger partial charge in [0, 0.05) is 17.7 Å². The molecule has 1 N–H and O–H groups in total. The molecule has 0 aliphatic heterocycles. The molecule has 0 saturated heterocycles. The average molecular weight is 281 g/mol. The molecule has 18 heavy (non-hydrogen) atoms. The van der Waals surface area contributed by atoms with Gasteiger partial charge >= 0.3 is 0 Å². The summed E-state index contributed by atoms with van der Waals surface area (Å²) in [4.78, 5) is 12.3. The zero-order valence-corrected chi connectivity index (χ0v) is 11.3. The normalized spacial score (nSPS) is 10.3. The Morgan fingerprint density at radius 2 is 2.22 bits per heavy atom. The van der Waals surface area contributed by atoms with Gasteiger partial charge in [-0.2, -0.15) is 0 Å². The Labute approximate surface area is 113 Å². The number of methoxy groups -OCH3 is 1. The van der Waals surface area contributed by atoms with E-state index >= 15 is 0 Å². The third-order valence-electron chi connectivity index (χ3n) is 1.96. The van der Waals surface area contributed by atoms with Crippen LogP contribution in [0.3, 0.4) is 0 Å². The van der Waals surface area contributed by atoms with Gasteiger partial charge in [-0.15, -0.1) is 10.2 Å². The summed E-state index contributed by atoms with van der Waals surface area (Å²) in [6.07, 6.45) is 0. The Morgan fingerprint density at radius 3 is 2.83 bits per heavy atom. The topological polar surface area (TPSA) is 64.1 Å². The van der Waals surface area contributed by atoms with Crippen molar-refractivity contribution in [3.8, 4) is 0 Å². The second kappa shape index (κ2) is 6.48. The van der Waals surface area contributed by atoms with Crippen LogP contribution >= 0.6 is 23.1 Å². The van der Waals surface area contributed by atoms with Gasteiger partial charge in [0.05, 0.1) is 0 Å². The van der Waals surface area contributed by atoms with E-state index in [1.54, 1.807) is 5.51 Å². The van der Waals surface area contributed by atoms with Crippen LogP contribution in [0.2, 0.25) is 0 Å². The highest BCUT2D eigenvalue weighted by atomic mass is 32.2. The van der Waals surface area contributed by atoms with Crippen LogP contribution in [0.5, 0.6) is 0 Å². The fraction of sp³-hybridized carbons (Fsp3) is 0.182. The van der Waals surface area contributed by atoms with Gasteiger partial charge in [-0.25, -0.2) is 0 Å². The first-order chi connectivity index (χ1) is 8.78. The number of hydrogen-bond donors (Lipinski definition) is 1. The third-order valence-corrected chi connectivity index (χ3v) is 3.74. The first kappa shape index (κ1) is 13.0. The number of ether oxygens (including phenoxy) is 1. The van der Waals surface area contributed by atoms with Crippen LogP contribution in [0, 0.1) is 0 Å². The van der Waals surface area contributed by atoms with Crippen LogP contribution in [0.4, 0.5) is 5.69 Å². The van der Waals surface area contributed by atoms with Crippen molar-refractivity contribution in [3.63, 3.8) is 0 Å². The van der Waals surface area contributed by atoms with Crippen LogP contribution in [0.25, 0.3) is 0 Å². The Kier molecular flexibility index (Phi) is 4.68. The summed E-state index contributed by atoms with van der Waals surface area (Å²) in [5, 5.41) is 10.5. The van der Waals surface area contributed by atoms with Crippen molar-refractivity contribution in [3.05, 3.63) is 29.8 Å². The summed E-state index contributed by atoms with van der Waals surface area (Å²) < 4.78 is 5.63. The van der Waals surface area contributed by atoms with E-state index in [-0.39, 0.29) is 12.5 Å². The second-order valence-corrected chi connectivity index (χ2v) is 5.47. The molecular weight excluding hydrogens is 270 g/mol. The van der Waals surface area contributed by atoms with E-state index in [2.05, 4.69) is 15.5 Å². The summed E-state index contributed by atoms with van der Waals surface area (Å²) in [5.74, 6) is -0.165. The lowest BCUT2D eigenvalue weighted by Crippen LogP contribution is -2.16. The Hall–Kier alpha value is -1.44. The van der Waals surface area contributed by atoms with Gasteiger partial charge in [-0.05, 0) is 24.3 Å². The van der Waals surface area contributed by atoms with Crippen molar-refractivity contribution in [1.29, 1.82) is 0 Å². The van der Waals surface area contributed by atoms with Crippen LogP contribution in [-0.4, -0.2) is 29.8 Å². The second-order valence-electron chi connectivity index (χ2n) is 3.31. The number of carbonyl (C=O) groups excluding carboxylic acids is 1. The Morgan fingerprint density at radius 1 is 1.44 bits per heavy atom. The van der Waals surface area contributed by atoms with Gasteiger partial charge in [0.25, 0.3) is 0 Å². The molecule has 2 aromatic rings. The predicted molar refractivity (Wildman–Crippen MR) is 71.0 cm³/mol. The van der Waals surface area contributed by atoms with Crippen molar-refractivity contribution in [2.75, 3.05) is 19.0 Å². The first-order valence-corrected chi connectivity index (χ1v) is 6.80. The van der Waals surface area contributed by atoms with E-state index in [1.165, 1.54) is 30.2 Å². The Bertz CT molecular complexity index is 500. The molecule has 2 rings (SSSR count). The summed E-state index contributed by atoms with van der Waals surface area (Å²) in [5.41, 5.74) is 2.44. The summed E-state index contributed by atoms with van der Waals surface area (Å²) in [6, 6.07) is 7.54. The van der Waals surface area contributed by atoms with E-state index in [1.807, 2.05) is 24.3 Å². The lowest BCUT2D eigenvalue weighted by molar-refractivity contribution is -0.119. The minimum absolute atomic E-state index is 0.0568. The molecule has 94 valence electrons. The lowest BCUT2D eigenvalue weighted by atomic mass is 10.3. The molecule has 0 spiro atoms. The van der Waals surface area contributed by atoms with Crippen LogP contribution < -0.4 is 5.32 Å². The maximum Gasteiger partial charge on any atom is 0.250 e. The fourth-order valence-electron chi connectivity index (χ4n) is 1.24. The van der Waals surface area contributed by atoms with Gasteiger partial charge < -0.3 is 10.1 Å². The molecule has 0 aliphatic rings. The maximum absolute atomic E-state index is 11.3. The van der Waals surface area contributed by atoms with Crippen LogP contribution in [0.15, 0.2) is 39.0 Å². The van der Waals surface area contributed by atoms with E-state index in [0.29, 0.717) is 0 Å². The fourth-order valence-corrected chi connectivity index (χ4v) is 2.69. The smallest absolute Gasteiger partial charge is 0.250 e. The molecule has 0 aliphatic carbocycles. The number of aromatic nitrogens is 2. The third kappa shape index (κ3) is 3.80.